The zero-order chi connectivity index (χ0) is 17.6. The van der Waals surface area contributed by atoms with Gasteiger partial charge in [-0.05, 0) is 60.5 Å². The van der Waals surface area contributed by atoms with Gasteiger partial charge in [-0.3, -0.25) is 0 Å². The molecular formula is C19H13BrFN3O. The van der Waals surface area contributed by atoms with E-state index in [1.165, 1.54) is 12.1 Å². The lowest BCUT2D eigenvalue weighted by Gasteiger charge is -2.11. The van der Waals surface area contributed by atoms with Crippen molar-refractivity contribution in [2.45, 2.75) is 13.8 Å². The van der Waals surface area contributed by atoms with Crippen molar-refractivity contribution in [3.63, 3.8) is 0 Å². The summed E-state index contributed by atoms with van der Waals surface area (Å²) in [6, 6.07) is 12.4. The number of rotatable bonds is 2. The molecule has 0 amide bonds. The van der Waals surface area contributed by atoms with E-state index in [1.54, 1.807) is 12.1 Å². The van der Waals surface area contributed by atoms with Crippen molar-refractivity contribution in [1.82, 2.24) is 15.3 Å². The van der Waals surface area contributed by atoms with Gasteiger partial charge in [0.1, 0.15) is 17.2 Å². The van der Waals surface area contributed by atoms with Gasteiger partial charge in [0, 0.05) is 15.4 Å². The van der Waals surface area contributed by atoms with Crippen LogP contribution in [0.4, 0.5) is 4.39 Å². The third-order valence-corrected chi connectivity index (χ3v) is 4.72. The van der Waals surface area contributed by atoms with Crippen molar-refractivity contribution in [3.05, 3.63) is 64.0 Å². The number of benzene rings is 2. The van der Waals surface area contributed by atoms with Crippen molar-refractivity contribution in [3.8, 4) is 22.5 Å². The van der Waals surface area contributed by atoms with Crippen LogP contribution in [0.25, 0.3) is 33.4 Å². The van der Waals surface area contributed by atoms with Gasteiger partial charge in [-0.15, -0.1) is 0 Å². The summed E-state index contributed by atoms with van der Waals surface area (Å²) in [6.07, 6.45) is 0. The predicted molar refractivity (Wildman–Crippen MR) is 97.6 cm³/mol. The summed E-state index contributed by atoms with van der Waals surface area (Å²) < 4.78 is 19.2. The molecule has 0 unspecified atom stereocenters. The average Bonchev–Trinajstić information content (AvgIpc) is 3.00. The van der Waals surface area contributed by atoms with Crippen molar-refractivity contribution in [2.24, 2.45) is 0 Å². The van der Waals surface area contributed by atoms with E-state index in [1.807, 2.05) is 32.0 Å². The predicted octanol–water partition coefficient (Wildman–Crippen LogP) is 5.47. The van der Waals surface area contributed by atoms with Crippen molar-refractivity contribution < 1.29 is 9.02 Å². The SMILES string of the molecule is Cc1cc(Br)c2cc(-c3ccc(F)cc3)c(-c3nonc3C)nc2c1. The fourth-order valence-electron chi connectivity index (χ4n) is 2.84. The van der Waals surface area contributed by atoms with E-state index in [-0.39, 0.29) is 5.82 Å². The number of aryl methyl sites for hydroxylation is 2. The van der Waals surface area contributed by atoms with E-state index < -0.39 is 0 Å². The molecule has 4 nitrogen and oxygen atoms in total. The second-order valence-corrected chi connectivity index (χ2v) is 6.76. The Morgan fingerprint density at radius 1 is 0.960 bits per heavy atom. The van der Waals surface area contributed by atoms with E-state index in [2.05, 4.69) is 26.2 Å². The van der Waals surface area contributed by atoms with Crippen molar-refractivity contribution >= 4 is 26.8 Å². The summed E-state index contributed by atoms with van der Waals surface area (Å²) in [5.74, 6) is -0.282. The Bertz CT molecular complexity index is 1090. The number of fused-ring (bicyclic) bond motifs is 1. The summed E-state index contributed by atoms with van der Waals surface area (Å²) in [4.78, 5) is 4.81. The summed E-state index contributed by atoms with van der Waals surface area (Å²) in [7, 11) is 0. The Hall–Kier alpha value is -2.60. The molecule has 25 heavy (non-hydrogen) atoms. The van der Waals surface area contributed by atoms with Gasteiger partial charge in [-0.25, -0.2) is 14.0 Å². The van der Waals surface area contributed by atoms with E-state index in [0.29, 0.717) is 17.1 Å². The van der Waals surface area contributed by atoms with E-state index >= 15 is 0 Å². The summed E-state index contributed by atoms with van der Waals surface area (Å²) in [6.45, 7) is 3.83. The van der Waals surface area contributed by atoms with Crippen LogP contribution in [0, 0.1) is 19.7 Å². The van der Waals surface area contributed by atoms with Gasteiger partial charge in [0.05, 0.1) is 5.52 Å². The molecule has 0 saturated heterocycles. The van der Waals surface area contributed by atoms with Crippen LogP contribution in [-0.4, -0.2) is 15.3 Å². The van der Waals surface area contributed by atoms with E-state index in [4.69, 9.17) is 9.61 Å². The third kappa shape index (κ3) is 2.82. The smallest absolute Gasteiger partial charge is 0.156 e. The first-order chi connectivity index (χ1) is 12.0. The van der Waals surface area contributed by atoms with Gasteiger partial charge >= 0.3 is 0 Å². The number of nitrogens with zero attached hydrogens (tertiary/aromatic N) is 3. The highest BCUT2D eigenvalue weighted by molar-refractivity contribution is 9.10. The lowest BCUT2D eigenvalue weighted by Crippen LogP contribution is -1.94. The maximum absolute atomic E-state index is 13.3. The van der Waals surface area contributed by atoms with Gasteiger partial charge < -0.3 is 0 Å². The van der Waals surface area contributed by atoms with Crippen molar-refractivity contribution in [2.75, 3.05) is 0 Å². The Morgan fingerprint density at radius 2 is 1.72 bits per heavy atom. The fraction of sp³-hybridized carbons (Fsp3) is 0.105. The highest BCUT2D eigenvalue weighted by Gasteiger charge is 2.18. The molecule has 2 aromatic carbocycles. The van der Waals surface area contributed by atoms with E-state index in [9.17, 15) is 4.39 Å². The molecule has 0 fully saturated rings. The summed E-state index contributed by atoms with van der Waals surface area (Å²) >= 11 is 3.61. The highest BCUT2D eigenvalue weighted by atomic mass is 79.9. The van der Waals surface area contributed by atoms with Gasteiger partial charge in [0.15, 0.2) is 5.69 Å². The van der Waals surface area contributed by atoms with Crippen LogP contribution >= 0.6 is 15.9 Å². The molecule has 2 aromatic heterocycles. The number of aromatic nitrogens is 3. The lowest BCUT2D eigenvalue weighted by atomic mass is 9.99. The molecule has 0 bridgehead atoms. The molecule has 6 heteroatoms. The maximum Gasteiger partial charge on any atom is 0.156 e. The average molecular weight is 398 g/mol. The Balaban J connectivity index is 2.07. The standard InChI is InChI=1S/C19H13BrFN3O/c1-10-7-16(20)15-9-14(12-3-5-13(21)6-4-12)19(22-17(15)8-10)18-11(2)23-25-24-18/h3-9H,1-2H3. The van der Waals surface area contributed by atoms with Crippen LogP contribution in [0.15, 0.2) is 51.6 Å². The number of hydrogen-bond donors (Lipinski definition) is 0. The number of pyridine rings is 1. The molecular weight excluding hydrogens is 385 g/mol. The first kappa shape index (κ1) is 15.9. The Labute approximate surface area is 151 Å². The lowest BCUT2D eigenvalue weighted by molar-refractivity contribution is 0.306. The first-order valence-corrected chi connectivity index (χ1v) is 8.48. The second kappa shape index (κ2) is 6.04. The molecule has 4 aromatic rings. The number of hydrogen-bond acceptors (Lipinski definition) is 4. The molecule has 0 atom stereocenters. The van der Waals surface area contributed by atoms with Gasteiger partial charge in [0.25, 0.3) is 0 Å². The highest BCUT2D eigenvalue weighted by Crippen LogP contribution is 2.36. The fourth-order valence-corrected chi connectivity index (χ4v) is 3.52. The quantitative estimate of drug-likeness (QED) is 0.449. The van der Waals surface area contributed by atoms with Crippen LogP contribution < -0.4 is 0 Å². The van der Waals surface area contributed by atoms with Crippen LogP contribution in [0.2, 0.25) is 0 Å². The van der Waals surface area contributed by atoms with Gasteiger partial charge in [-0.2, -0.15) is 0 Å². The van der Waals surface area contributed by atoms with Crippen molar-refractivity contribution in [1.29, 1.82) is 0 Å². The zero-order valence-electron chi connectivity index (χ0n) is 13.5. The topological polar surface area (TPSA) is 51.8 Å². The summed E-state index contributed by atoms with van der Waals surface area (Å²) in [5.41, 5.74) is 5.53. The Kier molecular flexibility index (Phi) is 3.84. The van der Waals surface area contributed by atoms with Crippen LogP contribution in [0.5, 0.6) is 0 Å². The molecule has 0 aliphatic heterocycles. The van der Waals surface area contributed by atoms with Gasteiger partial charge in [-0.1, -0.05) is 33.2 Å². The minimum atomic E-state index is -0.282. The van der Waals surface area contributed by atoms with Crippen LogP contribution in [0.1, 0.15) is 11.3 Å². The third-order valence-electron chi connectivity index (χ3n) is 4.06. The molecule has 0 aliphatic carbocycles. The molecule has 2 heterocycles. The minimum Gasteiger partial charge on any atom is -0.245 e. The normalized spacial score (nSPS) is 11.2. The maximum atomic E-state index is 13.3. The van der Waals surface area contributed by atoms with E-state index in [0.717, 1.165) is 32.1 Å². The molecule has 0 N–H and O–H groups in total. The molecule has 0 aliphatic rings. The summed E-state index contributed by atoms with van der Waals surface area (Å²) in [5, 5.41) is 8.84. The second-order valence-electron chi connectivity index (χ2n) is 5.90. The minimum absolute atomic E-state index is 0.282. The first-order valence-electron chi connectivity index (χ1n) is 7.69. The van der Waals surface area contributed by atoms with Crippen LogP contribution in [-0.2, 0) is 0 Å². The Morgan fingerprint density at radius 3 is 2.40 bits per heavy atom. The zero-order valence-corrected chi connectivity index (χ0v) is 15.1. The largest absolute Gasteiger partial charge is 0.245 e. The monoisotopic (exact) mass is 397 g/mol. The molecule has 4 rings (SSSR count). The molecule has 124 valence electrons. The molecule has 0 spiro atoms. The molecule has 0 saturated carbocycles. The van der Waals surface area contributed by atoms with Crippen LogP contribution in [0.3, 0.4) is 0 Å². The molecule has 0 radical (unpaired) electrons. The number of halogens is 2. The van der Waals surface area contributed by atoms with Gasteiger partial charge in [0.2, 0.25) is 0 Å².